The lowest BCUT2D eigenvalue weighted by Gasteiger charge is -2.20. The highest BCUT2D eigenvalue weighted by Crippen LogP contribution is 2.45. The minimum absolute atomic E-state index is 1.02. The molecule has 32 heavy (non-hydrogen) atoms. The Balaban J connectivity index is 0. The molecule has 1 aliphatic rings. The van der Waals surface area contributed by atoms with Gasteiger partial charge in [-0.15, -0.1) is 0 Å². The average molecular weight is 441 g/mol. The second-order valence-electron chi connectivity index (χ2n) is 9.08. The van der Waals surface area contributed by atoms with E-state index in [4.69, 9.17) is 0 Å². The molecule has 1 aromatic carbocycles. The molecule has 0 saturated heterocycles. The normalized spacial score (nSPS) is 12.6. The summed E-state index contributed by atoms with van der Waals surface area (Å²) in [5, 5.41) is 0. The zero-order valence-corrected chi connectivity index (χ0v) is 23.7. The Kier molecular flexibility index (Phi) is 22.2. The number of hydrogen-bond donors (Lipinski definition) is 0. The van der Waals surface area contributed by atoms with Crippen LogP contribution in [0.2, 0.25) is 18.5 Å². The van der Waals surface area contributed by atoms with Crippen LogP contribution in [0.4, 0.5) is 0 Å². The van der Waals surface area contributed by atoms with Gasteiger partial charge in [0.25, 0.3) is 0 Å². The molecule has 0 nitrogen and oxygen atoms in total. The monoisotopic (exact) mass is 440 g/mol. The molecule has 1 unspecified atom stereocenters. The first-order valence-electron chi connectivity index (χ1n) is 13.9. The summed E-state index contributed by atoms with van der Waals surface area (Å²) in [6, 6.07) is 8.71. The molecular formula is C31H57B. The van der Waals surface area contributed by atoms with Crippen LogP contribution in [-0.2, 0) is 6.42 Å². The standard InChI is InChI=1S/C15H20.C12H25B.2C2H6/c1-5-6-14-7-9-15(10-8-14)13(4)11-12(2)3;1-4-6-8-11(7-5-2)13(3)12-9-10-12;2*1-2/h7-11H,4-6H2,1-3H3;11-12H,4-10H2,1-3H3;2*1-2H3. The minimum atomic E-state index is 1.02. The Labute approximate surface area is 204 Å². The molecule has 1 aromatic rings. The average Bonchev–Trinajstić information content (AvgIpc) is 3.65. The van der Waals surface area contributed by atoms with E-state index in [9.17, 15) is 0 Å². The van der Waals surface area contributed by atoms with Crippen LogP contribution in [0, 0.1) is 0 Å². The summed E-state index contributed by atoms with van der Waals surface area (Å²) in [7, 11) is 0. The Morgan fingerprint density at radius 3 is 1.91 bits per heavy atom. The van der Waals surface area contributed by atoms with Crippen molar-refractivity contribution in [3.8, 4) is 0 Å². The predicted octanol–water partition coefficient (Wildman–Crippen LogP) is 11.3. The largest absolute Gasteiger partial charge is 0.143 e. The van der Waals surface area contributed by atoms with E-state index < -0.39 is 0 Å². The molecule has 1 fully saturated rings. The lowest BCUT2D eigenvalue weighted by molar-refractivity contribution is 0.611. The van der Waals surface area contributed by atoms with E-state index in [1.165, 1.54) is 68.1 Å². The Hall–Kier alpha value is -1.24. The lowest BCUT2D eigenvalue weighted by atomic mass is 9.37. The summed E-state index contributed by atoms with van der Waals surface area (Å²) in [6.45, 7) is 26.6. The third kappa shape index (κ3) is 15.5. The molecule has 1 aliphatic carbocycles. The summed E-state index contributed by atoms with van der Waals surface area (Å²) in [5.74, 6) is 2.14. The summed E-state index contributed by atoms with van der Waals surface area (Å²) in [5.41, 5.74) is 5.01. The van der Waals surface area contributed by atoms with Gasteiger partial charge in [0.15, 0.2) is 0 Å². The third-order valence-electron chi connectivity index (χ3n) is 6.02. The zero-order valence-electron chi connectivity index (χ0n) is 23.7. The van der Waals surface area contributed by atoms with Crippen LogP contribution in [-0.4, -0.2) is 6.71 Å². The van der Waals surface area contributed by atoms with Crippen LogP contribution in [0.3, 0.4) is 0 Å². The van der Waals surface area contributed by atoms with E-state index in [-0.39, 0.29) is 0 Å². The van der Waals surface area contributed by atoms with Crippen molar-refractivity contribution >= 4 is 12.3 Å². The van der Waals surface area contributed by atoms with E-state index in [0.29, 0.717) is 0 Å². The van der Waals surface area contributed by atoms with Gasteiger partial charge >= 0.3 is 0 Å². The quantitative estimate of drug-likeness (QED) is 0.237. The molecule has 0 N–H and O–H groups in total. The number of aryl methyl sites for hydroxylation is 1. The van der Waals surface area contributed by atoms with E-state index in [1.54, 1.807) is 0 Å². The summed E-state index contributed by atoms with van der Waals surface area (Å²) in [4.78, 5) is 0. The smallest absolute Gasteiger partial charge is 0.0912 e. The first kappa shape index (κ1) is 32.9. The van der Waals surface area contributed by atoms with E-state index >= 15 is 0 Å². The van der Waals surface area contributed by atoms with Crippen LogP contribution in [0.25, 0.3) is 5.57 Å². The Morgan fingerprint density at radius 2 is 1.50 bits per heavy atom. The summed E-state index contributed by atoms with van der Waals surface area (Å²) >= 11 is 0. The van der Waals surface area contributed by atoms with Crippen molar-refractivity contribution < 1.29 is 0 Å². The maximum atomic E-state index is 4.06. The fraction of sp³-hybridized carbons (Fsp3) is 0.677. The van der Waals surface area contributed by atoms with E-state index in [2.05, 4.69) is 78.4 Å². The molecule has 1 saturated carbocycles. The van der Waals surface area contributed by atoms with Crippen molar-refractivity contribution in [3.05, 3.63) is 53.6 Å². The fourth-order valence-corrected chi connectivity index (χ4v) is 4.12. The molecule has 0 aliphatic heterocycles. The summed E-state index contributed by atoms with van der Waals surface area (Å²) in [6.07, 6.45) is 14.7. The van der Waals surface area contributed by atoms with Crippen LogP contribution >= 0.6 is 0 Å². The highest BCUT2D eigenvalue weighted by Gasteiger charge is 2.34. The Bertz CT molecular complexity index is 573. The second kappa shape index (κ2) is 21.6. The first-order valence-corrected chi connectivity index (χ1v) is 13.9. The van der Waals surface area contributed by atoms with Crippen LogP contribution in [0.15, 0.2) is 42.5 Å². The van der Waals surface area contributed by atoms with Gasteiger partial charge in [-0.05, 0) is 37.0 Å². The van der Waals surface area contributed by atoms with Gasteiger partial charge in [-0.2, -0.15) is 0 Å². The van der Waals surface area contributed by atoms with Gasteiger partial charge in [0.1, 0.15) is 6.71 Å². The van der Waals surface area contributed by atoms with Crippen molar-refractivity contribution in [2.24, 2.45) is 0 Å². The van der Waals surface area contributed by atoms with Gasteiger partial charge in [0.05, 0.1) is 0 Å². The molecule has 0 amide bonds. The number of hydrogen-bond acceptors (Lipinski definition) is 0. The lowest BCUT2D eigenvalue weighted by Crippen LogP contribution is -2.16. The van der Waals surface area contributed by atoms with E-state index in [1.807, 2.05) is 27.7 Å². The van der Waals surface area contributed by atoms with Crippen LogP contribution < -0.4 is 0 Å². The van der Waals surface area contributed by atoms with Gasteiger partial charge in [-0.25, -0.2) is 0 Å². The fourth-order valence-electron chi connectivity index (χ4n) is 4.12. The van der Waals surface area contributed by atoms with Gasteiger partial charge < -0.3 is 0 Å². The minimum Gasteiger partial charge on any atom is -0.0912 e. The number of benzene rings is 1. The second-order valence-corrected chi connectivity index (χ2v) is 9.08. The molecule has 2 rings (SSSR count). The molecule has 1 heteroatoms. The number of unbranched alkanes of at least 4 members (excludes halogenated alkanes) is 1. The topological polar surface area (TPSA) is 0 Å². The van der Waals surface area contributed by atoms with Crippen molar-refractivity contribution in [2.45, 2.75) is 139 Å². The first-order chi connectivity index (χ1) is 15.4. The van der Waals surface area contributed by atoms with Crippen LogP contribution in [0.1, 0.15) is 125 Å². The molecule has 0 heterocycles. The maximum Gasteiger partial charge on any atom is 0.143 e. The molecule has 0 aromatic heterocycles. The van der Waals surface area contributed by atoms with Gasteiger partial charge in [-0.1, -0.05) is 161 Å². The third-order valence-corrected chi connectivity index (χ3v) is 6.02. The highest BCUT2D eigenvalue weighted by molar-refractivity contribution is 6.61. The summed E-state index contributed by atoms with van der Waals surface area (Å²) < 4.78 is 0. The molecular weight excluding hydrogens is 383 g/mol. The zero-order chi connectivity index (χ0) is 24.9. The molecule has 184 valence electrons. The molecule has 0 spiro atoms. The van der Waals surface area contributed by atoms with Crippen molar-refractivity contribution in [1.82, 2.24) is 0 Å². The highest BCUT2D eigenvalue weighted by atomic mass is 14.2. The SMILES string of the molecule is C=C(C=C(C)C)c1ccc(CCC)cc1.CC.CC.CCCCC(CCC)B(C)C1CC1. The van der Waals surface area contributed by atoms with Crippen molar-refractivity contribution in [1.29, 1.82) is 0 Å². The van der Waals surface area contributed by atoms with Gasteiger partial charge in [0, 0.05) is 0 Å². The number of allylic oxidation sites excluding steroid dienone is 3. The molecule has 1 atom stereocenters. The van der Waals surface area contributed by atoms with Gasteiger partial charge in [0.2, 0.25) is 0 Å². The van der Waals surface area contributed by atoms with Crippen molar-refractivity contribution in [3.63, 3.8) is 0 Å². The molecule has 0 radical (unpaired) electrons. The predicted molar refractivity (Wildman–Crippen MR) is 154 cm³/mol. The van der Waals surface area contributed by atoms with E-state index in [0.717, 1.165) is 30.3 Å². The van der Waals surface area contributed by atoms with Crippen LogP contribution in [0.5, 0.6) is 0 Å². The Morgan fingerprint density at radius 1 is 0.938 bits per heavy atom. The number of rotatable bonds is 11. The van der Waals surface area contributed by atoms with Crippen molar-refractivity contribution in [2.75, 3.05) is 0 Å². The maximum absolute atomic E-state index is 4.06. The van der Waals surface area contributed by atoms with Gasteiger partial charge in [-0.3, -0.25) is 0 Å². The molecule has 0 bridgehead atoms.